The number of β-amino-alcohol motifs (C(OH)–C–C–N with tert-alkyl or cyclic N) is 1. The third kappa shape index (κ3) is 4.45. The van der Waals surface area contributed by atoms with Crippen LogP contribution < -0.4 is 10.6 Å². The summed E-state index contributed by atoms with van der Waals surface area (Å²) in [6.45, 7) is 2.85. The Labute approximate surface area is 131 Å². The van der Waals surface area contributed by atoms with Gasteiger partial charge in [-0.3, -0.25) is 4.90 Å². The molecule has 3 N–H and O–H groups in total. The molecule has 5 heteroatoms. The van der Waals surface area contributed by atoms with Gasteiger partial charge in [-0.1, -0.05) is 30.3 Å². The van der Waals surface area contributed by atoms with Gasteiger partial charge in [0.15, 0.2) is 0 Å². The topological polar surface area (TPSA) is 64.6 Å². The molecule has 1 saturated heterocycles. The Morgan fingerprint density at radius 3 is 2.64 bits per heavy atom. The van der Waals surface area contributed by atoms with Gasteiger partial charge in [0.1, 0.15) is 0 Å². The zero-order valence-electron chi connectivity index (χ0n) is 12.9. The molecule has 2 fully saturated rings. The number of likely N-dealkylation sites (tertiary alicyclic amines) is 1. The molecule has 5 nitrogen and oxygen atoms in total. The smallest absolute Gasteiger partial charge is 0.314 e. The van der Waals surface area contributed by atoms with Gasteiger partial charge in [-0.05, 0) is 30.7 Å². The zero-order chi connectivity index (χ0) is 15.4. The van der Waals surface area contributed by atoms with E-state index in [1.165, 1.54) is 18.4 Å². The summed E-state index contributed by atoms with van der Waals surface area (Å²) < 4.78 is 0. The van der Waals surface area contributed by atoms with E-state index in [0.717, 1.165) is 19.5 Å². The first-order chi connectivity index (χ1) is 10.7. The number of aliphatic hydroxyl groups excluding tert-OH is 1. The van der Waals surface area contributed by atoms with Crippen molar-refractivity contribution >= 4 is 6.03 Å². The Bertz CT molecular complexity index is 490. The summed E-state index contributed by atoms with van der Waals surface area (Å²) in [5, 5.41) is 15.8. The van der Waals surface area contributed by atoms with Crippen LogP contribution in [0.5, 0.6) is 0 Å². The molecule has 0 spiro atoms. The monoisotopic (exact) mass is 303 g/mol. The number of nitrogens with zero attached hydrogens (tertiary/aromatic N) is 1. The van der Waals surface area contributed by atoms with Gasteiger partial charge < -0.3 is 15.7 Å². The molecule has 1 heterocycles. The van der Waals surface area contributed by atoms with Crippen LogP contribution in [0.15, 0.2) is 30.3 Å². The molecule has 2 aliphatic rings. The first-order valence-electron chi connectivity index (χ1n) is 8.18. The second kappa shape index (κ2) is 7.11. The number of amides is 2. The van der Waals surface area contributed by atoms with Crippen LogP contribution in [0.1, 0.15) is 24.8 Å². The number of benzene rings is 1. The van der Waals surface area contributed by atoms with Gasteiger partial charge in [-0.15, -0.1) is 0 Å². The average Bonchev–Trinajstić information content (AvgIpc) is 3.28. The molecule has 1 aliphatic heterocycles. The van der Waals surface area contributed by atoms with E-state index in [4.69, 9.17) is 0 Å². The van der Waals surface area contributed by atoms with Crippen molar-refractivity contribution in [2.75, 3.05) is 19.6 Å². The lowest BCUT2D eigenvalue weighted by Crippen LogP contribution is -2.44. The van der Waals surface area contributed by atoms with Gasteiger partial charge in [0, 0.05) is 32.2 Å². The van der Waals surface area contributed by atoms with Crippen LogP contribution in [0.25, 0.3) is 0 Å². The van der Waals surface area contributed by atoms with Crippen molar-refractivity contribution in [3.05, 3.63) is 35.9 Å². The van der Waals surface area contributed by atoms with Crippen LogP contribution in [0, 0.1) is 5.92 Å². The molecule has 2 amide bonds. The number of nitrogens with one attached hydrogen (secondary N) is 2. The second-order valence-corrected chi connectivity index (χ2v) is 6.49. The number of hydrogen-bond acceptors (Lipinski definition) is 3. The number of carbonyl (C=O) groups is 1. The van der Waals surface area contributed by atoms with Crippen molar-refractivity contribution in [1.82, 2.24) is 15.5 Å². The molecular formula is C17H25N3O2. The Morgan fingerprint density at radius 1 is 1.18 bits per heavy atom. The van der Waals surface area contributed by atoms with Crippen LogP contribution in [0.4, 0.5) is 4.79 Å². The maximum atomic E-state index is 11.8. The Morgan fingerprint density at radius 2 is 1.91 bits per heavy atom. The van der Waals surface area contributed by atoms with Crippen LogP contribution >= 0.6 is 0 Å². The van der Waals surface area contributed by atoms with E-state index in [9.17, 15) is 9.90 Å². The van der Waals surface area contributed by atoms with Gasteiger partial charge in [0.25, 0.3) is 0 Å². The fourth-order valence-corrected chi connectivity index (χ4v) is 3.01. The molecule has 1 aromatic rings. The maximum absolute atomic E-state index is 11.8. The number of carbonyl (C=O) groups excluding carboxylic acids is 1. The highest BCUT2D eigenvalue weighted by Crippen LogP contribution is 2.27. The molecule has 1 aliphatic carbocycles. The summed E-state index contributed by atoms with van der Waals surface area (Å²) in [5.74, 6) is 0.689. The van der Waals surface area contributed by atoms with Crippen molar-refractivity contribution in [1.29, 1.82) is 0 Å². The van der Waals surface area contributed by atoms with Crippen LogP contribution in [-0.4, -0.2) is 47.8 Å². The van der Waals surface area contributed by atoms with E-state index in [1.807, 2.05) is 18.2 Å². The predicted octanol–water partition coefficient (Wildman–Crippen LogP) is 1.33. The van der Waals surface area contributed by atoms with Crippen molar-refractivity contribution in [3.63, 3.8) is 0 Å². The molecule has 1 aromatic carbocycles. The zero-order valence-corrected chi connectivity index (χ0v) is 12.9. The molecule has 0 aromatic heterocycles. The van der Waals surface area contributed by atoms with E-state index in [1.54, 1.807) is 0 Å². The first-order valence-corrected chi connectivity index (χ1v) is 8.18. The summed E-state index contributed by atoms with van der Waals surface area (Å²) in [6, 6.07) is 10.4. The molecule has 1 saturated carbocycles. The summed E-state index contributed by atoms with van der Waals surface area (Å²) in [6.07, 6.45) is 2.89. The number of aliphatic hydroxyl groups is 1. The average molecular weight is 303 g/mol. The van der Waals surface area contributed by atoms with Gasteiger partial charge in [0.2, 0.25) is 0 Å². The first kappa shape index (κ1) is 15.3. The SMILES string of the molecule is O=C(NCC1CC1)NCC1CC(O)CN1Cc1ccccc1. The summed E-state index contributed by atoms with van der Waals surface area (Å²) in [4.78, 5) is 14.0. The Hall–Kier alpha value is -1.59. The quantitative estimate of drug-likeness (QED) is 0.743. The van der Waals surface area contributed by atoms with Crippen molar-refractivity contribution in [3.8, 4) is 0 Å². The van der Waals surface area contributed by atoms with E-state index in [-0.39, 0.29) is 18.2 Å². The summed E-state index contributed by atoms with van der Waals surface area (Å²) in [7, 11) is 0. The third-order valence-corrected chi connectivity index (χ3v) is 4.48. The van der Waals surface area contributed by atoms with Crippen LogP contribution in [-0.2, 0) is 6.54 Å². The minimum atomic E-state index is -0.301. The second-order valence-electron chi connectivity index (χ2n) is 6.49. The molecule has 22 heavy (non-hydrogen) atoms. The predicted molar refractivity (Wildman–Crippen MR) is 85.4 cm³/mol. The van der Waals surface area contributed by atoms with Gasteiger partial charge in [-0.2, -0.15) is 0 Å². The van der Waals surface area contributed by atoms with Crippen LogP contribution in [0.2, 0.25) is 0 Å². The Kier molecular flexibility index (Phi) is 4.95. The molecule has 2 atom stereocenters. The molecule has 3 rings (SSSR count). The summed E-state index contributed by atoms with van der Waals surface area (Å²) >= 11 is 0. The molecule has 2 unspecified atom stereocenters. The van der Waals surface area contributed by atoms with Crippen LogP contribution in [0.3, 0.4) is 0 Å². The molecule has 120 valence electrons. The molecule has 0 bridgehead atoms. The largest absolute Gasteiger partial charge is 0.392 e. The highest BCUT2D eigenvalue weighted by molar-refractivity contribution is 5.73. The van der Waals surface area contributed by atoms with Crippen molar-refractivity contribution in [2.24, 2.45) is 5.92 Å². The number of hydrogen-bond donors (Lipinski definition) is 3. The summed E-state index contributed by atoms with van der Waals surface area (Å²) in [5.41, 5.74) is 1.24. The standard InChI is InChI=1S/C17H25N3O2/c21-16-8-15(10-19-17(22)18-9-13-6-7-13)20(12-16)11-14-4-2-1-3-5-14/h1-5,13,15-16,21H,6-12H2,(H2,18,19,22). The third-order valence-electron chi connectivity index (χ3n) is 4.48. The van der Waals surface area contributed by atoms with Crippen molar-refractivity contribution < 1.29 is 9.90 Å². The van der Waals surface area contributed by atoms with E-state index in [0.29, 0.717) is 19.0 Å². The lowest BCUT2D eigenvalue weighted by Gasteiger charge is -2.24. The normalized spacial score (nSPS) is 25.1. The van der Waals surface area contributed by atoms with Gasteiger partial charge in [-0.25, -0.2) is 4.79 Å². The van der Waals surface area contributed by atoms with Gasteiger partial charge >= 0.3 is 6.03 Å². The van der Waals surface area contributed by atoms with E-state index < -0.39 is 0 Å². The fraction of sp³-hybridized carbons (Fsp3) is 0.588. The Balaban J connectivity index is 1.46. The van der Waals surface area contributed by atoms with Gasteiger partial charge in [0.05, 0.1) is 6.10 Å². The fourth-order valence-electron chi connectivity index (χ4n) is 3.01. The van der Waals surface area contributed by atoms with Crippen molar-refractivity contribution in [2.45, 2.75) is 38.0 Å². The minimum Gasteiger partial charge on any atom is -0.392 e. The lowest BCUT2D eigenvalue weighted by atomic mass is 10.1. The molecular weight excluding hydrogens is 278 g/mol. The minimum absolute atomic E-state index is 0.0899. The maximum Gasteiger partial charge on any atom is 0.314 e. The number of urea groups is 1. The van der Waals surface area contributed by atoms with E-state index in [2.05, 4.69) is 27.7 Å². The molecule has 0 radical (unpaired) electrons. The van der Waals surface area contributed by atoms with E-state index >= 15 is 0 Å². The lowest BCUT2D eigenvalue weighted by molar-refractivity contribution is 0.172. The number of rotatable bonds is 6. The highest BCUT2D eigenvalue weighted by Gasteiger charge is 2.31. The highest BCUT2D eigenvalue weighted by atomic mass is 16.3.